The lowest BCUT2D eigenvalue weighted by Crippen LogP contribution is -2.41. The van der Waals surface area contributed by atoms with Crippen LogP contribution in [0.15, 0.2) is 60.1 Å². The number of benzene rings is 1. The normalized spacial score (nSPS) is 17.0. The van der Waals surface area contributed by atoms with E-state index in [1.54, 1.807) is 12.1 Å². The van der Waals surface area contributed by atoms with E-state index in [2.05, 4.69) is 28.9 Å². The van der Waals surface area contributed by atoms with Crippen LogP contribution in [0, 0.1) is 0 Å². The maximum absolute atomic E-state index is 13.0. The van der Waals surface area contributed by atoms with Crippen LogP contribution in [0.3, 0.4) is 0 Å². The van der Waals surface area contributed by atoms with Crippen LogP contribution in [0.25, 0.3) is 0 Å². The first-order valence-electron chi connectivity index (χ1n) is 8.64. The lowest BCUT2D eigenvalue weighted by atomic mass is 10.0. The number of carbonyl (C=O) groups excluding carboxylic acids is 1. The van der Waals surface area contributed by atoms with E-state index in [1.165, 1.54) is 18.2 Å². The Kier molecular flexibility index (Phi) is 5.29. The Hall–Kier alpha value is -2.38. The number of rotatable bonds is 6. The number of carbonyl (C=O) groups is 1. The standard InChI is InChI=1S/C19H23N3O3S/c1-3-11-20-26(24,25)16-9-7-15(8-10-16)19(23)22-14-13-21-12-5-6-18(21)17(22)4-2/h3,5-10,12,17,20H,1,4,11,13-14H2,2H3/t17-/m1/s1. The second-order valence-electron chi connectivity index (χ2n) is 6.21. The minimum atomic E-state index is -3.59. The van der Waals surface area contributed by atoms with Gasteiger partial charge in [0.2, 0.25) is 10.0 Å². The van der Waals surface area contributed by atoms with E-state index >= 15 is 0 Å². The number of fused-ring (bicyclic) bond motifs is 1. The van der Waals surface area contributed by atoms with Gasteiger partial charge >= 0.3 is 0 Å². The Bertz CT molecular complexity index is 900. The van der Waals surface area contributed by atoms with Crippen LogP contribution in [0.1, 0.15) is 35.4 Å². The van der Waals surface area contributed by atoms with Crippen LogP contribution in [-0.2, 0) is 16.6 Å². The Morgan fingerprint density at radius 3 is 2.65 bits per heavy atom. The smallest absolute Gasteiger partial charge is 0.254 e. The SMILES string of the molecule is C=CCNS(=O)(=O)c1ccc(C(=O)N2CCn3cccc3[C@H]2CC)cc1. The van der Waals surface area contributed by atoms with Crippen LogP contribution in [0.4, 0.5) is 0 Å². The van der Waals surface area contributed by atoms with Crippen molar-refractivity contribution in [3.63, 3.8) is 0 Å². The van der Waals surface area contributed by atoms with E-state index in [9.17, 15) is 13.2 Å². The zero-order valence-corrected chi connectivity index (χ0v) is 15.6. The van der Waals surface area contributed by atoms with Crippen LogP contribution >= 0.6 is 0 Å². The Morgan fingerprint density at radius 1 is 1.27 bits per heavy atom. The van der Waals surface area contributed by atoms with E-state index in [1.807, 2.05) is 17.2 Å². The predicted octanol–water partition coefficient (Wildman–Crippen LogP) is 2.56. The minimum absolute atomic E-state index is 0.0314. The zero-order valence-electron chi connectivity index (χ0n) is 14.8. The zero-order chi connectivity index (χ0) is 18.7. The summed E-state index contributed by atoms with van der Waals surface area (Å²) in [6.07, 6.45) is 4.34. The van der Waals surface area contributed by atoms with Gasteiger partial charge in [-0.05, 0) is 42.8 Å². The lowest BCUT2D eigenvalue weighted by Gasteiger charge is -2.36. The number of hydrogen-bond donors (Lipinski definition) is 1. The molecule has 26 heavy (non-hydrogen) atoms. The fraction of sp³-hybridized carbons (Fsp3) is 0.316. The molecule has 0 fully saturated rings. The van der Waals surface area contributed by atoms with Gasteiger partial charge in [-0.3, -0.25) is 4.79 Å². The van der Waals surface area contributed by atoms with E-state index < -0.39 is 10.0 Å². The molecule has 0 unspecified atom stereocenters. The number of hydrogen-bond acceptors (Lipinski definition) is 3. The van der Waals surface area contributed by atoms with Gasteiger partial charge in [0, 0.05) is 37.1 Å². The molecule has 0 saturated heterocycles. The first kappa shape index (κ1) is 18.4. The van der Waals surface area contributed by atoms with Gasteiger partial charge < -0.3 is 9.47 Å². The molecule has 6 nitrogen and oxygen atoms in total. The monoisotopic (exact) mass is 373 g/mol. The molecule has 0 bridgehead atoms. The van der Waals surface area contributed by atoms with Gasteiger partial charge in [0.05, 0.1) is 10.9 Å². The summed E-state index contributed by atoms with van der Waals surface area (Å²) in [6, 6.07) is 10.2. The van der Waals surface area contributed by atoms with Gasteiger partial charge in [0.1, 0.15) is 0 Å². The number of aromatic nitrogens is 1. The molecule has 0 saturated carbocycles. The minimum Gasteiger partial charge on any atom is -0.348 e. The third-order valence-electron chi connectivity index (χ3n) is 4.64. The number of sulfonamides is 1. The second kappa shape index (κ2) is 7.47. The molecule has 1 aromatic carbocycles. The lowest BCUT2D eigenvalue weighted by molar-refractivity contribution is 0.0618. The highest BCUT2D eigenvalue weighted by Crippen LogP contribution is 2.30. The van der Waals surface area contributed by atoms with Gasteiger partial charge in [0.25, 0.3) is 5.91 Å². The fourth-order valence-corrected chi connectivity index (χ4v) is 4.33. The molecule has 1 atom stereocenters. The van der Waals surface area contributed by atoms with Crippen molar-refractivity contribution in [2.24, 2.45) is 0 Å². The summed E-state index contributed by atoms with van der Waals surface area (Å²) in [5, 5.41) is 0. The second-order valence-corrected chi connectivity index (χ2v) is 7.98. The molecule has 0 aliphatic carbocycles. The molecule has 0 radical (unpaired) electrons. The summed E-state index contributed by atoms with van der Waals surface area (Å²) in [6.45, 7) is 7.13. The predicted molar refractivity (Wildman–Crippen MR) is 100 cm³/mol. The van der Waals surface area contributed by atoms with Gasteiger partial charge in [-0.1, -0.05) is 13.0 Å². The molecule has 1 aromatic heterocycles. The van der Waals surface area contributed by atoms with Gasteiger partial charge in [-0.2, -0.15) is 0 Å². The highest BCUT2D eigenvalue weighted by molar-refractivity contribution is 7.89. The van der Waals surface area contributed by atoms with E-state index in [0.717, 1.165) is 18.7 Å². The third-order valence-corrected chi connectivity index (χ3v) is 6.08. The number of amides is 1. The van der Waals surface area contributed by atoms with Crippen molar-refractivity contribution in [1.82, 2.24) is 14.2 Å². The Labute approximate surface area is 154 Å². The molecule has 7 heteroatoms. The summed E-state index contributed by atoms with van der Waals surface area (Å²) in [5.74, 6) is -0.0766. The van der Waals surface area contributed by atoms with Crippen LogP contribution in [0.2, 0.25) is 0 Å². The molecular weight excluding hydrogens is 350 g/mol. The van der Waals surface area contributed by atoms with Crippen molar-refractivity contribution in [2.75, 3.05) is 13.1 Å². The maximum atomic E-state index is 13.0. The largest absolute Gasteiger partial charge is 0.348 e. The number of nitrogens with zero attached hydrogens (tertiary/aromatic N) is 2. The molecule has 1 aliphatic rings. The van der Waals surface area contributed by atoms with Crippen molar-refractivity contribution in [1.29, 1.82) is 0 Å². The quantitative estimate of drug-likeness (QED) is 0.791. The van der Waals surface area contributed by atoms with Crippen molar-refractivity contribution in [3.05, 3.63) is 66.5 Å². The fourth-order valence-electron chi connectivity index (χ4n) is 3.33. The average molecular weight is 373 g/mol. The van der Waals surface area contributed by atoms with Gasteiger partial charge in [-0.15, -0.1) is 6.58 Å². The van der Waals surface area contributed by atoms with Gasteiger partial charge in [-0.25, -0.2) is 13.1 Å². The highest BCUT2D eigenvalue weighted by atomic mass is 32.2. The Balaban J connectivity index is 1.81. The van der Waals surface area contributed by atoms with Crippen LogP contribution < -0.4 is 4.72 Å². The van der Waals surface area contributed by atoms with Crippen molar-refractivity contribution < 1.29 is 13.2 Å². The summed E-state index contributed by atoms with van der Waals surface area (Å²) in [7, 11) is -3.59. The molecule has 3 rings (SSSR count). The van der Waals surface area contributed by atoms with Crippen LogP contribution in [0.5, 0.6) is 0 Å². The van der Waals surface area contributed by atoms with Gasteiger partial charge in [0.15, 0.2) is 0 Å². The van der Waals surface area contributed by atoms with Crippen molar-refractivity contribution in [3.8, 4) is 0 Å². The van der Waals surface area contributed by atoms with E-state index in [4.69, 9.17) is 0 Å². The molecule has 1 aliphatic heterocycles. The number of nitrogens with one attached hydrogen (secondary N) is 1. The molecule has 2 heterocycles. The summed E-state index contributed by atoms with van der Waals surface area (Å²) in [5.41, 5.74) is 1.63. The maximum Gasteiger partial charge on any atom is 0.254 e. The molecule has 1 N–H and O–H groups in total. The third kappa shape index (κ3) is 3.45. The first-order chi connectivity index (χ1) is 12.5. The molecular formula is C19H23N3O3S. The molecule has 138 valence electrons. The van der Waals surface area contributed by atoms with E-state index in [0.29, 0.717) is 12.1 Å². The summed E-state index contributed by atoms with van der Waals surface area (Å²) < 4.78 is 28.8. The molecule has 1 amide bonds. The topological polar surface area (TPSA) is 71.4 Å². The van der Waals surface area contributed by atoms with Crippen molar-refractivity contribution >= 4 is 15.9 Å². The van der Waals surface area contributed by atoms with Crippen LogP contribution in [-0.4, -0.2) is 36.9 Å². The Morgan fingerprint density at radius 2 is 2.00 bits per heavy atom. The molecule has 0 spiro atoms. The average Bonchev–Trinajstić information content (AvgIpc) is 3.14. The highest BCUT2D eigenvalue weighted by Gasteiger charge is 2.30. The van der Waals surface area contributed by atoms with E-state index in [-0.39, 0.29) is 23.4 Å². The first-order valence-corrected chi connectivity index (χ1v) is 10.1. The summed E-state index contributed by atoms with van der Waals surface area (Å²) >= 11 is 0. The molecule has 2 aromatic rings. The van der Waals surface area contributed by atoms with Crippen molar-refractivity contribution in [2.45, 2.75) is 30.8 Å². The summed E-state index contributed by atoms with van der Waals surface area (Å²) in [4.78, 5) is 15.0.